The molecule has 0 saturated carbocycles. The first-order valence-corrected chi connectivity index (χ1v) is 9.81. The van der Waals surface area contributed by atoms with Crippen molar-refractivity contribution in [2.45, 2.75) is 6.92 Å². The number of nitrogens with two attached hydrogens (primary N) is 1. The number of methoxy groups -OCH3 is 1. The van der Waals surface area contributed by atoms with E-state index in [2.05, 4.69) is 15.3 Å². The fourth-order valence-electron chi connectivity index (χ4n) is 2.67. The number of thiazole rings is 1. The molecular formula is C19H16N4O2S2. The van der Waals surface area contributed by atoms with Gasteiger partial charge in [0.05, 0.1) is 24.2 Å². The summed E-state index contributed by atoms with van der Waals surface area (Å²) in [5.41, 5.74) is 9.24. The predicted molar refractivity (Wildman–Crippen MR) is 111 cm³/mol. The van der Waals surface area contributed by atoms with Crippen molar-refractivity contribution < 1.29 is 9.53 Å². The molecule has 4 aromatic rings. The fourth-order valence-corrected chi connectivity index (χ4v) is 4.35. The van der Waals surface area contributed by atoms with E-state index in [1.54, 1.807) is 7.11 Å². The van der Waals surface area contributed by atoms with E-state index in [1.165, 1.54) is 22.7 Å². The van der Waals surface area contributed by atoms with E-state index in [0.29, 0.717) is 20.5 Å². The third-order valence-electron chi connectivity index (χ3n) is 4.01. The summed E-state index contributed by atoms with van der Waals surface area (Å²) in [6, 6.07) is 11.5. The van der Waals surface area contributed by atoms with Crippen LogP contribution in [0.3, 0.4) is 0 Å². The maximum Gasteiger partial charge on any atom is 0.269 e. The average Bonchev–Trinajstić information content (AvgIpc) is 3.24. The maximum atomic E-state index is 12.6. The highest BCUT2D eigenvalue weighted by Crippen LogP contribution is 2.35. The van der Waals surface area contributed by atoms with Gasteiger partial charge in [0.2, 0.25) is 0 Å². The van der Waals surface area contributed by atoms with E-state index in [9.17, 15) is 4.79 Å². The van der Waals surface area contributed by atoms with Gasteiger partial charge in [-0.25, -0.2) is 9.97 Å². The molecule has 0 aliphatic carbocycles. The van der Waals surface area contributed by atoms with Crippen LogP contribution >= 0.6 is 22.7 Å². The Kier molecular flexibility index (Phi) is 4.51. The Bertz CT molecular complexity index is 1150. The van der Waals surface area contributed by atoms with Crippen LogP contribution in [0, 0.1) is 6.92 Å². The molecule has 4 rings (SSSR count). The van der Waals surface area contributed by atoms with Crippen LogP contribution in [0.25, 0.3) is 21.5 Å². The van der Waals surface area contributed by atoms with Gasteiger partial charge >= 0.3 is 0 Å². The second-order valence-corrected chi connectivity index (χ2v) is 7.73. The van der Waals surface area contributed by atoms with Gasteiger partial charge in [0.15, 0.2) is 5.13 Å². The Morgan fingerprint density at radius 3 is 2.81 bits per heavy atom. The molecule has 0 saturated heterocycles. The number of fused-ring (bicyclic) bond motifs is 1. The van der Waals surface area contributed by atoms with Crippen LogP contribution in [0.15, 0.2) is 41.8 Å². The molecule has 8 heteroatoms. The number of nitrogen functional groups attached to an aromatic ring is 1. The highest BCUT2D eigenvalue weighted by atomic mass is 32.1. The van der Waals surface area contributed by atoms with Gasteiger partial charge in [0.25, 0.3) is 5.91 Å². The third-order valence-corrected chi connectivity index (χ3v) is 5.99. The van der Waals surface area contributed by atoms with E-state index in [1.807, 2.05) is 48.7 Å². The van der Waals surface area contributed by atoms with Gasteiger partial charge in [0.1, 0.15) is 15.5 Å². The van der Waals surface area contributed by atoms with E-state index in [4.69, 9.17) is 10.5 Å². The second kappa shape index (κ2) is 6.98. The first-order valence-electron chi connectivity index (χ1n) is 8.12. The monoisotopic (exact) mass is 396 g/mol. The Hall–Kier alpha value is -2.97. The highest BCUT2D eigenvalue weighted by Gasteiger charge is 2.19. The van der Waals surface area contributed by atoms with Crippen molar-refractivity contribution in [2.75, 3.05) is 18.2 Å². The van der Waals surface area contributed by atoms with Crippen LogP contribution in [-0.4, -0.2) is 23.0 Å². The standard InChI is InChI=1S/C19H16N4O2S2/c1-10-9-26-19(21-10)23-17(24)16-15(20)13-6-7-14(22-18(13)27-16)11-4-3-5-12(8-11)25-2/h3-9H,20H2,1-2H3,(H,21,23,24). The molecule has 136 valence electrons. The minimum Gasteiger partial charge on any atom is -0.497 e. The topological polar surface area (TPSA) is 90.1 Å². The number of thiophene rings is 1. The van der Waals surface area contributed by atoms with Crippen LogP contribution in [0.2, 0.25) is 0 Å². The van der Waals surface area contributed by atoms with Crippen LogP contribution in [-0.2, 0) is 0 Å². The Morgan fingerprint density at radius 2 is 2.07 bits per heavy atom. The van der Waals surface area contributed by atoms with Crippen molar-refractivity contribution in [3.8, 4) is 17.0 Å². The van der Waals surface area contributed by atoms with Gasteiger partial charge in [-0.05, 0) is 31.2 Å². The molecule has 3 heterocycles. The van der Waals surface area contributed by atoms with Gasteiger partial charge in [-0.15, -0.1) is 22.7 Å². The van der Waals surface area contributed by atoms with Crippen LogP contribution in [0.4, 0.5) is 10.8 Å². The molecule has 6 nitrogen and oxygen atoms in total. The first-order chi connectivity index (χ1) is 13.0. The summed E-state index contributed by atoms with van der Waals surface area (Å²) in [6.07, 6.45) is 0. The zero-order valence-corrected chi connectivity index (χ0v) is 16.3. The van der Waals surface area contributed by atoms with Crippen molar-refractivity contribution >= 4 is 49.6 Å². The molecule has 0 aliphatic heterocycles. The summed E-state index contributed by atoms with van der Waals surface area (Å²) in [5.74, 6) is 0.492. The number of nitrogens with zero attached hydrogens (tertiary/aromatic N) is 2. The number of aryl methyl sites for hydroxylation is 1. The summed E-state index contributed by atoms with van der Waals surface area (Å²) in [4.78, 5) is 22.7. The molecule has 0 bridgehead atoms. The lowest BCUT2D eigenvalue weighted by atomic mass is 10.1. The lowest BCUT2D eigenvalue weighted by Gasteiger charge is -2.04. The van der Waals surface area contributed by atoms with Crippen LogP contribution in [0.5, 0.6) is 5.75 Å². The molecule has 0 unspecified atom stereocenters. The zero-order valence-electron chi connectivity index (χ0n) is 14.6. The zero-order chi connectivity index (χ0) is 19.0. The summed E-state index contributed by atoms with van der Waals surface area (Å²) in [5, 5.41) is 6.00. The van der Waals surface area contributed by atoms with Crippen LogP contribution in [0.1, 0.15) is 15.4 Å². The molecule has 3 N–H and O–H groups in total. The Labute approximate surface area is 163 Å². The number of rotatable bonds is 4. The van der Waals surface area contributed by atoms with Crippen molar-refractivity contribution in [3.05, 3.63) is 52.3 Å². The number of anilines is 2. The van der Waals surface area contributed by atoms with Crippen LogP contribution < -0.4 is 15.8 Å². The first kappa shape index (κ1) is 17.4. The number of aromatic nitrogens is 2. The molecular weight excluding hydrogens is 380 g/mol. The molecule has 0 atom stereocenters. The predicted octanol–water partition coefficient (Wildman–Crippen LogP) is 4.57. The van der Waals surface area contributed by atoms with Gasteiger partial charge in [-0.3, -0.25) is 10.1 Å². The normalized spacial score (nSPS) is 10.9. The lowest BCUT2D eigenvalue weighted by molar-refractivity contribution is 0.103. The highest BCUT2D eigenvalue weighted by molar-refractivity contribution is 7.21. The average molecular weight is 396 g/mol. The molecule has 0 fully saturated rings. The quantitative estimate of drug-likeness (QED) is 0.527. The molecule has 0 aliphatic rings. The summed E-state index contributed by atoms with van der Waals surface area (Å²) >= 11 is 2.66. The minimum absolute atomic E-state index is 0.271. The van der Waals surface area contributed by atoms with Gasteiger partial charge in [0, 0.05) is 16.3 Å². The second-order valence-electron chi connectivity index (χ2n) is 5.87. The maximum absolute atomic E-state index is 12.6. The van der Waals surface area contributed by atoms with E-state index in [0.717, 1.165) is 28.1 Å². The Balaban J connectivity index is 1.69. The Morgan fingerprint density at radius 1 is 1.22 bits per heavy atom. The van der Waals surface area contributed by atoms with Crippen molar-refractivity contribution in [3.63, 3.8) is 0 Å². The number of amides is 1. The minimum atomic E-state index is -0.271. The van der Waals surface area contributed by atoms with E-state index in [-0.39, 0.29) is 5.91 Å². The van der Waals surface area contributed by atoms with E-state index >= 15 is 0 Å². The van der Waals surface area contributed by atoms with Crippen molar-refractivity contribution in [2.24, 2.45) is 0 Å². The number of benzene rings is 1. The fraction of sp³-hybridized carbons (Fsp3) is 0.105. The van der Waals surface area contributed by atoms with Gasteiger partial charge in [-0.1, -0.05) is 12.1 Å². The molecule has 3 aromatic heterocycles. The van der Waals surface area contributed by atoms with Crippen molar-refractivity contribution in [1.29, 1.82) is 0 Å². The van der Waals surface area contributed by atoms with Gasteiger partial charge in [-0.2, -0.15) is 0 Å². The van der Waals surface area contributed by atoms with Crippen molar-refractivity contribution in [1.82, 2.24) is 9.97 Å². The SMILES string of the molecule is COc1cccc(-c2ccc3c(N)c(C(=O)Nc4nc(C)cs4)sc3n2)c1. The largest absolute Gasteiger partial charge is 0.497 e. The number of hydrogen-bond acceptors (Lipinski definition) is 7. The summed E-state index contributed by atoms with van der Waals surface area (Å²) in [7, 11) is 1.63. The molecule has 1 aromatic carbocycles. The number of nitrogens with one attached hydrogen (secondary N) is 1. The molecule has 1 amide bonds. The number of ether oxygens (including phenoxy) is 1. The third kappa shape index (κ3) is 3.36. The summed E-state index contributed by atoms with van der Waals surface area (Å²) in [6.45, 7) is 1.88. The number of pyridine rings is 1. The molecule has 0 radical (unpaired) electrons. The smallest absolute Gasteiger partial charge is 0.269 e. The lowest BCUT2D eigenvalue weighted by Crippen LogP contribution is -2.11. The van der Waals surface area contributed by atoms with E-state index < -0.39 is 0 Å². The van der Waals surface area contributed by atoms with Gasteiger partial charge < -0.3 is 10.5 Å². The molecule has 27 heavy (non-hydrogen) atoms. The molecule has 0 spiro atoms. The summed E-state index contributed by atoms with van der Waals surface area (Å²) < 4.78 is 5.27. The number of carbonyl (C=O) groups excluding carboxylic acids is 1. The number of carbonyl (C=O) groups is 1. The number of hydrogen-bond donors (Lipinski definition) is 2.